The van der Waals surface area contributed by atoms with E-state index in [0.29, 0.717) is 15.8 Å². The number of methoxy groups -OCH3 is 1. The predicted molar refractivity (Wildman–Crippen MR) is 154 cm³/mol. The number of carbonyl (C=O) groups is 1. The van der Waals surface area contributed by atoms with Gasteiger partial charge >= 0.3 is 0 Å². The molecule has 0 spiro atoms. The molecule has 2 aromatic carbocycles. The lowest BCUT2D eigenvalue weighted by atomic mass is 10.0. The van der Waals surface area contributed by atoms with E-state index >= 15 is 0 Å². The molecule has 0 bridgehead atoms. The molecule has 2 aromatic heterocycles. The van der Waals surface area contributed by atoms with Crippen molar-refractivity contribution in [3.63, 3.8) is 0 Å². The number of anilines is 2. The summed E-state index contributed by atoms with van der Waals surface area (Å²) < 4.78 is 11.3. The number of thiocarbonyl (C=S) groups is 1. The molecule has 3 heterocycles. The molecule has 0 unspecified atom stereocenters. The Morgan fingerprint density at radius 3 is 2.71 bits per heavy atom. The van der Waals surface area contributed by atoms with Crippen molar-refractivity contribution in [3.8, 4) is 0 Å². The number of furan rings is 1. The summed E-state index contributed by atoms with van der Waals surface area (Å²) in [5, 5.41) is 7.84. The van der Waals surface area contributed by atoms with Gasteiger partial charge in [0.2, 0.25) is 5.91 Å². The zero-order valence-corrected chi connectivity index (χ0v) is 23.1. The van der Waals surface area contributed by atoms with Crippen molar-refractivity contribution >= 4 is 58.0 Å². The molecule has 10 heteroatoms. The minimum absolute atomic E-state index is 0.0620. The summed E-state index contributed by atoms with van der Waals surface area (Å²) in [6, 6.07) is 22.8. The van der Waals surface area contributed by atoms with Crippen LogP contribution < -0.4 is 15.5 Å². The monoisotopic (exact) mass is 564 g/mol. The maximum Gasteiger partial charge on any atom is 0.250 e. The van der Waals surface area contributed by atoms with Gasteiger partial charge in [-0.2, -0.15) is 0 Å². The maximum absolute atomic E-state index is 12.0. The SMILES string of the molecule is COCC(=O)Nc1ccc(N2C(=S)N[C@H](c3ccccn3)[C@@H]2c2ccc(Sc3ccc(C)cc3)o2)cc1Cl. The van der Waals surface area contributed by atoms with E-state index in [0.717, 1.165) is 27.1 Å². The van der Waals surface area contributed by atoms with Crippen LogP contribution >= 0.6 is 35.6 Å². The molecule has 7 nitrogen and oxygen atoms in total. The Morgan fingerprint density at radius 1 is 1.18 bits per heavy atom. The topological polar surface area (TPSA) is 79.6 Å². The summed E-state index contributed by atoms with van der Waals surface area (Å²) in [4.78, 5) is 19.6. The molecule has 1 amide bonds. The van der Waals surface area contributed by atoms with E-state index in [1.54, 1.807) is 30.1 Å². The molecule has 2 atom stereocenters. The van der Waals surface area contributed by atoms with Crippen LogP contribution in [0.1, 0.15) is 29.1 Å². The smallest absolute Gasteiger partial charge is 0.250 e. The first-order chi connectivity index (χ1) is 18.4. The summed E-state index contributed by atoms with van der Waals surface area (Å²) in [6.45, 7) is 2.00. The third-order valence-electron chi connectivity index (χ3n) is 6.01. The summed E-state index contributed by atoms with van der Waals surface area (Å²) in [5.41, 5.74) is 3.28. The Kier molecular flexibility index (Phi) is 7.99. The van der Waals surface area contributed by atoms with Gasteiger partial charge in [-0.15, -0.1) is 0 Å². The summed E-state index contributed by atoms with van der Waals surface area (Å²) in [7, 11) is 1.46. The van der Waals surface area contributed by atoms with Crippen LogP contribution in [0.5, 0.6) is 0 Å². The Hall–Kier alpha value is -3.37. The molecule has 38 heavy (non-hydrogen) atoms. The van der Waals surface area contributed by atoms with Gasteiger partial charge in [0.05, 0.1) is 22.4 Å². The van der Waals surface area contributed by atoms with E-state index in [1.165, 1.54) is 12.7 Å². The third-order valence-corrected chi connectivity index (χ3v) is 7.57. The second kappa shape index (κ2) is 11.6. The van der Waals surface area contributed by atoms with Gasteiger partial charge in [-0.1, -0.05) is 47.1 Å². The van der Waals surface area contributed by atoms with Crippen LogP contribution in [0.2, 0.25) is 5.02 Å². The van der Waals surface area contributed by atoms with Crippen LogP contribution in [0.3, 0.4) is 0 Å². The molecule has 1 fully saturated rings. The standard InChI is InChI=1S/C28H25ClN4O3S2/c1-17-6-9-19(10-7-17)38-25-13-12-23(36-25)27-26(22-5-3-4-14-30-22)32-28(37)33(27)18-8-11-21(20(29)15-18)31-24(34)16-35-2/h3-15,26-27H,16H2,1-2H3,(H,31,34)(H,32,37)/t26-,27+/m1/s1. The number of rotatable bonds is 8. The highest BCUT2D eigenvalue weighted by Crippen LogP contribution is 2.44. The number of halogens is 1. The number of hydrogen-bond donors (Lipinski definition) is 2. The number of nitrogens with one attached hydrogen (secondary N) is 2. The summed E-state index contributed by atoms with van der Waals surface area (Å²) in [5.74, 6) is 0.444. The van der Waals surface area contributed by atoms with E-state index in [4.69, 9.17) is 33.0 Å². The number of aromatic nitrogens is 1. The Bertz CT molecular complexity index is 1450. The van der Waals surface area contributed by atoms with Gasteiger partial charge in [0.25, 0.3) is 0 Å². The highest BCUT2D eigenvalue weighted by Gasteiger charge is 2.42. The average Bonchev–Trinajstić information content (AvgIpc) is 3.51. The second-order valence-corrected chi connectivity index (χ2v) is 10.6. The van der Waals surface area contributed by atoms with Crippen LogP contribution in [-0.4, -0.2) is 29.7 Å². The normalized spacial score (nSPS) is 16.9. The van der Waals surface area contributed by atoms with Gasteiger partial charge in [0.15, 0.2) is 10.2 Å². The van der Waals surface area contributed by atoms with Crippen molar-refractivity contribution < 1.29 is 13.9 Å². The fourth-order valence-electron chi connectivity index (χ4n) is 4.27. The lowest BCUT2D eigenvalue weighted by molar-refractivity contribution is -0.119. The van der Waals surface area contributed by atoms with Crippen molar-refractivity contribution in [2.24, 2.45) is 0 Å². The van der Waals surface area contributed by atoms with Gasteiger partial charge in [0, 0.05) is 23.9 Å². The molecule has 1 saturated heterocycles. The van der Waals surface area contributed by atoms with Gasteiger partial charge in [-0.25, -0.2) is 0 Å². The first-order valence-corrected chi connectivity index (χ1v) is 13.5. The van der Waals surface area contributed by atoms with Crippen LogP contribution in [-0.2, 0) is 9.53 Å². The van der Waals surface area contributed by atoms with Crippen molar-refractivity contribution in [1.29, 1.82) is 0 Å². The van der Waals surface area contributed by atoms with Crippen LogP contribution in [0.4, 0.5) is 11.4 Å². The van der Waals surface area contributed by atoms with Crippen molar-refractivity contribution in [1.82, 2.24) is 10.3 Å². The lowest BCUT2D eigenvalue weighted by Gasteiger charge is -2.26. The molecule has 1 aliphatic heterocycles. The number of amides is 1. The van der Waals surface area contributed by atoms with Crippen LogP contribution in [0, 0.1) is 6.92 Å². The number of benzene rings is 2. The predicted octanol–water partition coefficient (Wildman–Crippen LogP) is 6.55. The third kappa shape index (κ3) is 5.71. The first-order valence-electron chi connectivity index (χ1n) is 11.9. The molecule has 2 N–H and O–H groups in total. The van der Waals surface area contributed by atoms with E-state index < -0.39 is 0 Å². The fourth-order valence-corrected chi connectivity index (χ4v) is 5.61. The molecule has 4 aromatic rings. The molecule has 0 aliphatic carbocycles. The van der Waals surface area contributed by atoms with E-state index in [2.05, 4.69) is 46.8 Å². The van der Waals surface area contributed by atoms with Crippen LogP contribution in [0.15, 0.2) is 93.4 Å². The number of aryl methyl sites for hydroxylation is 1. The van der Waals surface area contributed by atoms with Crippen molar-refractivity contribution in [2.75, 3.05) is 23.9 Å². The van der Waals surface area contributed by atoms with Gasteiger partial charge < -0.3 is 24.7 Å². The minimum atomic E-state index is -0.324. The molecular formula is C28H25ClN4O3S2. The fraction of sp³-hybridized carbons (Fsp3) is 0.179. The van der Waals surface area contributed by atoms with Crippen molar-refractivity contribution in [2.45, 2.75) is 29.0 Å². The van der Waals surface area contributed by atoms with Gasteiger partial charge in [-0.05, 0) is 73.7 Å². The highest BCUT2D eigenvalue weighted by atomic mass is 35.5. The number of pyridine rings is 1. The molecule has 0 radical (unpaired) electrons. The summed E-state index contributed by atoms with van der Waals surface area (Å²) >= 11 is 13.9. The maximum atomic E-state index is 12.0. The molecular weight excluding hydrogens is 540 g/mol. The van der Waals surface area contributed by atoms with Gasteiger partial charge in [0.1, 0.15) is 18.4 Å². The number of nitrogens with zero attached hydrogens (tertiary/aromatic N) is 2. The number of ether oxygens (including phenoxy) is 1. The van der Waals surface area contributed by atoms with Crippen molar-refractivity contribution in [3.05, 3.63) is 101 Å². The second-order valence-electron chi connectivity index (χ2n) is 8.71. The largest absolute Gasteiger partial charge is 0.452 e. The Labute approximate surface area is 235 Å². The molecule has 0 saturated carbocycles. The number of carbonyl (C=O) groups excluding carboxylic acids is 1. The highest BCUT2D eigenvalue weighted by molar-refractivity contribution is 7.99. The Morgan fingerprint density at radius 2 is 2.00 bits per heavy atom. The molecule has 5 rings (SSSR count). The minimum Gasteiger partial charge on any atom is -0.452 e. The first kappa shape index (κ1) is 26.2. The van der Waals surface area contributed by atoms with Gasteiger partial charge in [-0.3, -0.25) is 9.78 Å². The van der Waals surface area contributed by atoms with E-state index in [-0.39, 0.29) is 24.6 Å². The van der Waals surface area contributed by atoms with Crippen LogP contribution in [0.25, 0.3) is 0 Å². The average molecular weight is 565 g/mol. The summed E-state index contributed by atoms with van der Waals surface area (Å²) in [6.07, 6.45) is 1.76. The molecule has 1 aliphatic rings. The Balaban J connectivity index is 1.48. The number of hydrogen-bond acceptors (Lipinski definition) is 6. The van der Waals surface area contributed by atoms with E-state index in [9.17, 15) is 4.79 Å². The zero-order chi connectivity index (χ0) is 26.6. The molecule has 194 valence electrons. The lowest BCUT2D eigenvalue weighted by Crippen LogP contribution is -2.29. The zero-order valence-electron chi connectivity index (χ0n) is 20.7. The quantitative estimate of drug-likeness (QED) is 0.233. The van der Waals surface area contributed by atoms with E-state index in [1.807, 2.05) is 41.3 Å².